The number of halogens is 2. The summed E-state index contributed by atoms with van der Waals surface area (Å²) in [5.74, 6) is -1.21. The fraction of sp³-hybridized carbons (Fsp3) is 0.261. The second-order valence-corrected chi connectivity index (χ2v) is 8.95. The van der Waals surface area contributed by atoms with E-state index in [1.54, 1.807) is 69.3 Å². The number of ether oxygens (including phenoxy) is 1. The first-order valence-electron chi connectivity index (χ1n) is 10.1. The number of carbonyl (C=O) groups excluding carboxylic acids is 1. The molecule has 0 saturated carbocycles. The molecule has 0 aliphatic heterocycles. The number of carboxylic acids is 1. The van der Waals surface area contributed by atoms with E-state index in [1.165, 1.54) is 4.68 Å². The fourth-order valence-electron chi connectivity index (χ4n) is 3.07. The summed E-state index contributed by atoms with van der Waals surface area (Å²) in [6.07, 6.45) is -0.563. The van der Waals surface area contributed by atoms with Gasteiger partial charge in [-0.3, -0.25) is 0 Å². The van der Waals surface area contributed by atoms with E-state index < -0.39 is 17.7 Å². The maximum atomic E-state index is 12.0. The third kappa shape index (κ3) is 6.18. The summed E-state index contributed by atoms with van der Waals surface area (Å²) in [7, 11) is 0. The van der Waals surface area contributed by atoms with Gasteiger partial charge in [-0.15, -0.1) is 0 Å². The number of hydrogen-bond acceptors (Lipinski definition) is 5. The Labute approximate surface area is 201 Å². The van der Waals surface area contributed by atoms with Crippen molar-refractivity contribution in [1.29, 1.82) is 0 Å². The highest BCUT2D eigenvalue weighted by Gasteiger charge is 2.25. The Kier molecular flexibility index (Phi) is 7.50. The van der Waals surface area contributed by atoms with Crippen molar-refractivity contribution >= 4 is 41.0 Å². The van der Waals surface area contributed by atoms with Crippen LogP contribution < -0.4 is 10.6 Å². The van der Waals surface area contributed by atoms with Crippen molar-refractivity contribution in [3.05, 3.63) is 64.3 Å². The monoisotopic (exact) mass is 490 g/mol. The molecular weight excluding hydrogens is 467 g/mol. The molecule has 0 fully saturated rings. The zero-order valence-corrected chi connectivity index (χ0v) is 19.9. The Balaban J connectivity index is 1.97. The van der Waals surface area contributed by atoms with E-state index in [0.717, 1.165) is 0 Å². The highest BCUT2D eigenvalue weighted by Crippen LogP contribution is 2.35. The molecule has 2 aromatic carbocycles. The van der Waals surface area contributed by atoms with E-state index in [2.05, 4.69) is 15.7 Å². The lowest BCUT2D eigenvalue weighted by molar-refractivity contribution is 0.0529. The van der Waals surface area contributed by atoms with Crippen LogP contribution in [0.4, 0.5) is 10.5 Å². The number of benzene rings is 2. The van der Waals surface area contributed by atoms with Gasteiger partial charge in [0.1, 0.15) is 5.60 Å². The number of rotatable bonds is 7. The third-order valence-electron chi connectivity index (χ3n) is 4.38. The van der Waals surface area contributed by atoms with Gasteiger partial charge >= 0.3 is 12.1 Å². The summed E-state index contributed by atoms with van der Waals surface area (Å²) in [5.41, 5.74) is 1.18. The average Bonchev–Trinajstić information content (AvgIpc) is 3.10. The lowest BCUT2D eigenvalue weighted by Gasteiger charge is -2.19. The zero-order chi connectivity index (χ0) is 24.2. The first-order valence-corrected chi connectivity index (χ1v) is 10.9. The summed E-state index contributed by atoms with van der Waals surface area (Å²) in [6, 6.07) is 13.9. The van der Waals surface area contributed by atoms with Gasteiger partial charge in [0.25, 0.3) is 0 Å². The lowest BCUT2D eigenvalue weighted by atomic mass is 10.1. The largest absolute Gasteiger partial charge is 0.476 e. The smallest absolute Gasteiger partial charge is 0.407 e. The van der Waals surface area contributed by atoms with Gasteiger partial charge in [-0.05, 0) is 45.0 Å². The number of aromatic nitrogens is 2. The standard InChI is InChI=1S/C23H24Cl2N4O4/c1-23(2,3)33-22(32)27-13-12-26-18-19(21(30)31)28-29(17-7-5-4-6-16(17)25)20(18)14-8-10-15(24)11-9-14/h4-11,26H,12-13H2,1-3H3,(H,27,32)(H,30,31). The number of hydrogen-bond donors (Lipinski definition) is 3. The Bertz CT molecular complexity index is 1150. The van der Waals surface area contributed by atoms with Crippen LogP contribution in [0.1, 0.15) is 31.3 Å². The van der Waals surface area contributed by atoms with Crippen LogP contribution >= 0.6 is 23.2 Å². The number of aromatic carboxylic acids is 1. The molecule has 33 heavy (non-hydrogen) atoms. The number of para-hydroxylation sites is 1. The molecule has 1 heterocycles. The van der Waals surface area contributed by atoms with Crippen LogP contribution in [0.5, 0.6) is 0 Å². The molecule has 1 aromatic heterocycles. The SMILES string of the molecule is CC(C)(C)OC(=O)NCCNc1c(C(=O)O)nn(-c2ccccc2Cl)c1-c1ccc(Cl)cc1. The van der Waals surface area contributed by atoms with Gasteiger partial charge in [-0.1, -0.05) is 47.5 Å². The Hall–Kier alpha value is -3.23. The Morgan fingerprint density at radius 3 is 2.33 bits per heavy atom. The molecule has 0 saturated heterocycles. The molecule has 0 atom stereocenters. The predicted octanol–water partition coefficient (Wildman–Crippen LogP) is 5.48. The van der Waals surface area contributed by atoms with Crippen molar-refractivity contribution < 1.29 is 19.4 Å². The minimum Gasteiger partial charge on any atom is -0.476 e. The van der Waals surface area contributed by atoms with E-state index in [0.29, 0.717) is 27.0 Å². The number of alkyl carbamates (subject to hydrolysis) is 1. The molecule has 3 N–H and O–H groups in total. The molecule has 8 nitrogen and oxygen atoms in total. The molecule has 1 amide bonds. The molecule has 0 radical (unpaired) electrons. The summed E-state index contributed by atoms with van der Waals surface area (Å²) in [5, 5.41) is 20.8. The molecule has 0 bridgehead atoms. The fourth-order valence-corrected chi connectivity index (χ4v) is 3.42. The maximum Gasteiger partial charge on any atom is 0.407 e. The highest BCUT2D eigenvalue weighted by molar-refractivity contribution is 6.32. The number of nitrogens with one attached hydrogen (secondary N) is 2. The van der Waals surface area contributed by atoms with Crippen LogP contribution in [0, 0.1) is 0 Å². The molecule has 0 aliphatic carbocycles. The molecule has 174 valence electrons. The minimum atomic E-state index is -1.21. The van der Waals surface area contributed by atoms with Crippen LogP contribution in [0.25, 0.3) is 16.9 Å². The third-order valence-corrected chi connectivity index (χ3v) is 4.95. The molecular formula is C23H24Cl2N4O4. The Morgan fingerprint density at radius 1 is 1.06 bits per heavy atom. The summed E-state index contributed by atoms with van der Waals surface area (Å²) >= 11 is 12.4. The Morgan fingerprint density at radius 2 is 1.73 bits per heavy atom. The highest BCUT2D eigenvalue weighted by atomic mass is 35.5. The normalized spacial score (nSPS) is 11.2. The summed E-state index contributed by atoms with van der Waals surface area (Å²) in [4.78, 5) is 23.9. The van der Waals surface area contributed by atoms with Gasteiger partial charge < -0.3 is 20.5 Å². The second kappa shape index (κ2) is 10.1. The summed E-state index contributed by atoms with van der Waals surface area (Å²) < 4.78 is 6.70. The van der Waals surface area contributed by atoms with E-state index in [9.17, 15) is 14.7 Å². The second-order valence-electron chi connectivity index (χ2n) is 8.10. The van der Waals surface area contributed by atoms with Gasteiger partial charge in [0.2, 0.25) is 0 Å². The molecule has 0 aliphatic rings. The average molecular weight is 491 g/mol. The molecule has 3 aromatic rings. The molecule has 0 unspecified atom stereocenters. The minimum absolute atomic E-state index is 0.183. The number of carboxylic acid groups (broad SMARTS) is 1. The van der Waals surface area contributed by atoms with Gasteiger partial charge in [0.05, 0.1) is 22.1 Å². The van der Waals surface area contributed by atoms with Crippen LogP contribution in [0.2, 0.25) is 10.0 Å². The quantitative estimate of drug-likeness (QED) is 0.378. The zero-order valence-electron chi connectivity index (χ0n) is 18.4. The van der Waals surface area contributed by atoms with Crippen molar-refractivity contribution in [2.75, 3.05) is 18.4 Å². The lowest BCUT2D eigenvalue weighted by Crippen LogP contribution is -2.35. The van der Waals surface area contributed by atoms with Crippen LogP contribution in [0.3, 0.4) is 0 Å². The van der Waals surface area contributed by atoms with Gasteiger partial charge in [-0.2, -0.15) is 5.10 Å². The molecule has 3 rings (SSSR count). The number of carbonyl (C=O) groups is 2. The van der Waals surface area contributed by atoms with Crippen LogP contribution in [0.15, 0.2) is 48.5 Å². The van der Waals surface area contributed by atoms with Crippen LogP contribution in [-0.4, -0.2) is 45.6 Å². The van der Waals surface area contributed by atoms with E-state index >= 15 is 0 Å². The first kappa shape index (κ1) is 24.4. The number of anilines is 1. The van der Waals surface area contributed by atoms with E-state index in [-0.39, 0.29) is 24.5 Å². The van der Waals surface area contributed by atoms with Crippen molar-refractivity contribution in [3.63, 3.8) is 0 Å². The molecule has 10 heteroatoms. The van der Waals surface area contributed by atoms with Crippen molar-refractivity contribution in [2.24, 2.45) is 0 Å². The number of amides is 1. The first-order chi connectivity index (χ1) is 15.6. The van der Waals surface area contributed by atoms with Crippen molar-refractivity contribution in [2.45, 2.75) is 26.4 Å². The maximum absolute atomic E-state index is 12.0. The van der Waals surface area contributed by atoms with E-state index in [4.69, 9.17) is 27.9 Å². The topological polar surface area (TPSA) is 105 Å². The van der Waals surface area contributed by atoms with Crippen LogP contribution in [-0.2, 0) is 4.74 Å². The number of nitrogens with zero attached hydrogens (tertiary/aromatic N) is 2. The predicted molar refractivity (Wildman–Crippen MR) is 129 cm³/mol. The van der Waals surface area contributed by atoms with Gasteiger partial charge in [0, 0.05) is 23.7 Å². The molecule has 0 spiro atoms. The van der Waals surface area contributed by atoms with Gasteiger partial charge in [-0.25, -0.2) is 14.3 Å². The summed E-state index contributed by atoms with van der Waals surface area (Å²) in [6.45, 7) is 5.74. The van der Waals surface area contributed by atoms with E-state index in [1.807, 2.05) is 0 Å². The van der Waals surface area contributed by atoms with Crippen molar-refractivity contribution in [1.82, 2.24) is 15.1 Å². The van der Waals surface area contributed by atoms with Crippen molar-refractivity contribution in [3.8, 4) is 16.9 Å². The van der Waals surface area contributed by atoms with Gasteiger partial charge in [0.15, 0.2) is 5.69 Å².